The van der Waals surface area contributed by atoms with Gasteiger partial charge in [0, 0.05) is 49.9 Å². The standard InChI is InChI=1S/C22H24N.C20H20N.C14H26O2.Ir/c1-14(2)17-6-7-21-18(12-17)8-9-23-22(21)20-11-16(5)10-19(13-20)15(3)4;1-13(2)16-5-6-19-17(12-16)7-8-21-20(19)18-10-14(3)9-15(4)11-18;1-6-11(7-2)12(15)10-13(16)14(5,8-3)9-4;/h6-10,12-15H,1-5H3;5-10,12-13H,1-4H3;10-11,16H,6-9H2,1-5H3;/q2*-1;;/b;;13-10-;/i8D,9D;7D,8D;;. The molecule has 4 nitrogen and oxygen atoms in total. The summed E-state index contributed by atoms with van der Waals surface area (Å²) in [7, 11) is 0. The van der Waals surface area contributed by atoms with Crippen molar-refractivity contribution in [2.24, 2.45) is 11.3 Å². The molecule has 5 heteroatoms. The fraction of sp³-hybridized carbons (Fsp3) is 0.411. The molecule has 0 aliphatic carbocycles. The van der Waals surface area contributed by atoms with Crippen molar-refractivity contribution in [2.45, 2.75) is 140 Å². The van der Waals surface area contributed by atoms with Crippen LogP contribution in [0.2, 0.25) is 0 Å². The van der Waals surface area contributed by atoms with E-state index in [2.05, 4.69) is 94.0 Å². The van der Waals surface area contributed by atoms with E-state index >= 15 is 0 Å². The van der Waals surface area contributed by atoms with Crippen LogP contribution in [0.4, 0.5) is 0 Å². The van der Waals surface area contributed by atoms with Gasteiger partial charge >= 0.3 is 0 Å². The second kappa shape index (κ2) is 23.1. The van der Waals surface area contributed by atoms with Gasteiger partial charge in [-0.05, 0) is 99.6 Å². The predicted molar refractivity (Wildman–Crippen MR) is 257 cm³/mol. The molecule has 6 aromatic rings. The Morgan fingerprint density at radius 1 is 0.689 bits per heavy atom. The van der Waals surface area contributed by atoms with Crippen molar-refractivity contribution in [3.05, 3.63) is 142 Å². The van der Waals surface area contributed by atoms with Crippen molar-refractivity contribution < 1.29 is 35.5 Å². The molecule has 0 saturated heterocycles. The predicted octanol–water partition coefficient (Wildman–Crippen LogP) is 16.0. The Hall–Kier alpha value is -4.44. The SMILES string of the molecule is CCC(CC)C(=O)/C=C(\O)C(C)(CC)CC.[2H]c1nc(-c2[c-]c(C)cc(C(C)C)c2)c2ccc(C(C)C)cc2c1[2H].[2H]c1nc(-c2[c-]c(C)cc(C)c2)c2ccc(C(C)C)cc2c1[2H].[Ir]. The van der Waals surface area contributed by atoms with E-state index in [1.165, 1.54) is 22.8 Å². The van der Waals surface area contributed by atoms with Crippen LogP contribution in [0, 0.1) is 44.2 Å². The molecule has 0 spiro atoms. The first kappa shape index (κ1) is 44.6. The molecule has 0 atom stereocenters. The van der Waals surface area contributed by atoms with Gasteiger partial charge in [0.15, 0.2) is 5.78 Å². The van der Waals surface area contributed by atoms with E-state index in [1.807, 2.05) is 85.7 Å². The molecule has 0 saturated carbocycles. The minimum Gasteiger partial charge on any atom is -0.512 e. The van der Waals surface area contributed by atoms with Crippen molar-refractivity contribution in [3.8, 4) is 22.5 Å². The van der Waals surface area contributed by atoms with E-state index in [4.69, 9.17) is 5.48 Å². The van der Waals surface area contributed by atoms with Crippen molar-refractivity contribution in [1.29, 1.82) is 0 Å². The average molecular weight is 999 g/mol. The minimum atomic E-state index is -0.248. The largest absolute Gasteiger partial charge is 0.512 e. The number of carbonyl (C=O) groups excluding carboxylic acids is 1. The summed E-state index contributed by atoms with van der Waals surface area (Å²) in [5.41, 5.74) is 9.87. The molecule has 0 amide bonds. The molecular weight excluding hydrogens is 925 g/mol. The quantitative estimate of drug-likeness (QED) is 0.0754. The van der Waals surface area contributed by atoms with Crippen LogP contribution in [0.5, 0.6) is 0 Å². The molecule has 0 unspecified atom stereocenters. The number of hydrogen-bond donors (Lipinski definition) is 1. The Kier molecular flexibility index (Phi) is 16.9. The van der Waals surface area contributed by atoms with Gasteiger partial charge in [-0.25, -0.2) is 0 Å². The van der Waals surface area contributed by atoms with Crippen LogP contribution < -0.4 is 0 Å². The number of aryl methyl sites for hydroxylation is 3. The maximum atomic E-state index is 11.9. The summed E-state index contributed by atoms with van der Waals surface area (Å²) >= 11 is 0. The third-order valence-electron chi connectivity index (χ3n) is 11.8. The molecular formula is C56H70IrN2O2-2. The Bertz CT molecular complexity index is 2610. The fourth-order valence-electron chi connectivity index (χ4n) is 7.24. The van der Waals surface area contributed by atoms with Gasteiger partial charge in [-0.2, -0.15) is 0 Å². The topological polar surface area (TPSA) is 63.1 Å². The van der Waals surface area contributed by atoms with E-state index in [1.54, 1.807) is 0 Å². The van der Waals surface area contributed by atoms with E-state index in [0.29, 0.717) is 17.8 Å². The van der Waals surface area contributed by atoms with Crippen molar-refractivity contribution in [3.63, 3.8) is 0 Å². The first-order chi connectivity index (χ1) is 30.1. The molecule has 4 aromatic carbocycles. The Balaban J connectivity index is 0.000000264. The van der Waals surface area contributed by atoms with Gasteiger partial charge in [0.2, 0.25) is 0 Å². The number of allylic oxidation sites excluding steroid dienone is 2. The number of benzene rings is 4. The number of nitrogens with zero attached hydrogens (tertiary/aromatic N) is 2. The van der Waals surface area contributed by atoms with Crippen molar-refractivity contribution >= 4 is 27.3 Å². The van der Waals surface area contributed by atoms with Crippen LogP contribution in [0.15, 0.2) is 96.9 Å². The molecule has 2 aromatic heterocycles. The van der Waals surface area contributed by atoms with E-state index in [-0.39, 0.29) is 67.4 Å². The second-order valence-corrected chi connectivity index (χ2v) is 17.4. The molecule has 0 aliphatic heterocycles. The van der Waals surface area contributed by atoms with E-state index in [0.717, 1.165) is 86.4 Å². The van der Waals surface area contributed by atoms with E-state index in [9.17, 15) is 9.90 Å². The zero-order chi connectivity index (χ0) is 47.8. The smallest absolute Gasteiger partial charge is 0.162 e. The van der Waals surface area contributed by atoms with Crippen molar-refractivity contribution in [2.75, 3.05) is 0 Å². The van der Waals surface area contributed by atoms with E-state index < -0.39 is 0 Å². The molecule has 2 heterocycles. The van der Waals surface area contributed by atoms with Crippen molar-refractivity contribution in [1.82, 2.24) is 9.97 Å². The number of aliphatic hydroxyl groups excluding tert-OH is 1. The summed E-state index contributed by atoms with van der Waals surface area (Å²) in [4.78, 5) is 20.7. The van der Waals surface area contributed by atoms with Gasteiger partial charge in [-0.3, -0.25) is 4.79 Å². The zero-order valence-electron chi connectivity index (χ0n) is 43.1. The summed E-state index contributed by atoms with van der Waals surface area (Å²) in [6.07, 6.45) is 4.86. The van der Waals surface area contributed by atoms with Crippen LogP contribution in [-0.2, 0) is 24.9 Å². The summed E-state index contributed by atoms with van der Waals surface area (Å²) in [5, 5.41) is 13.4. The molecule has 61 heavy (non-hydrogen) atoms. The molecule has 327 valence electrons. The number of aromatic nitrogens is 2. The first-order valence-corrected chi connectivity index (χ1v) is 21.9. The number of pyridine rings is 2. The molecule has 1 radical (unpaired) electrons. The summed E-state index contributed by atoms with van der Waals surface area (Å²) in [6.45, 7) is 29.1. The van der Waals surface area contributed by atoms with Gasteiger partial charge in [0.25, 0.3) is 0 Å². The zero-order valence-corrected chi connectivity index (χ0v) is 41.5. The van der Waals surface area contributed by atoms with Gasteiger partial charge in [0.05, 0.1) is 5.48 Å². The maximum Gasteiger partial charge on any atom is 0.162 e. The number of rotatable bonds is 12. The van der Waals surface area contributed by atoms with Gasteiger partial charge in [-0.15, -0.1) is 69.8 Å². The van der Waals surface area contributed by atoms with Crippen LogP contribution in [0.3, 0.4) is 0 Å². The van der Waals surface area contributed by atoms with Gasteiger partial charge in [-0.1, -0.05) is 133 Å². The van der Waals surface area contributed by atoms with Gasteiger partial charge in [0.1, 0.15) is 5.76 Å². The third-order valence-corrected chi connectivity index (χ3v) is 11.8. The molecule has 0 bridgehead atoms. The van der Waals surface area contributed by atoms with Gasteiger partial charge < -0.3 is 15.1 Å². The number of hydrogen-bond acceptors (Lipinski definition) is 4. The number of aliphatic hydroxyl groups is 1. The monoisotopic (exact) mass is 1000 g/mol. The van der Waals surface area contributed by atoms with Crippen LogP contribution in [0.25, 0.3) is 44.1 Å². The summed E-state index contributed by atoms with van der Waals surface area (Å²) < 4.78 is 32.7. The van der Waals surface area contributed by atoms with Crippen LogP contribution in [-0.4, -0.2) is 20.9 Å². The molecule has 6 rings (SSSR count). The molecule has 1 N–H and O–H groups in total. The maximum absolute atomic E-state index is 11.9. The number of fused-ring (bicyclic) bond motifs is 2. The summed E-state index contributed by atoms with van der Waals surface area (Å²) in [6, 6.07) is 27.8. The fourth-order valence-corrected chi connectivity index (χ4v) is 7.24. The molecule has 0 aliphatic rings. The number of carbonyl (C=O) groups is 1. The number of ketones is 1. The molecule has 0 fully saturated rings. The normalized spacial score (nSPS) is 12.7. The Morgan fingerprint density at radius 2 is 1.13 bits per heavy atom. The van der Waals surface area contributed by atoms with Crippen LogP contribution >= 0.6 is 0 Å². The van der Waals surface area contributed by atoms with Crippen LogP contribution in [0.1, 0.15) is 158 Å². The first-order valence-electron chi connectivity index (χ1n) is 23.9. The summed E-state index contributed by atoms with van der Waals surface area (Å²) in [5.74, 6) is 1.55. The second-order valence-electron chi connectivity index (χ2n) is 17.4. The third kappa shape index (κ3) is 13.3. The minimum absolute atomic E-state index is 0. The average Bonchev–Trinajstić information content (AvgIpc) is 3.25. The Morgan fingerprint density at radius 3 is 1.54 bits per heavy atom. The Labute approximate surface area is 387 Å².